The molecule has 2 rings (SSSR count). The molecule has 112 valence electrons. The van der Waals surface area contributed by atoms with Crippen LogP contribution in [0.4, 0.5) is 10.1 Å². The summed E-state index contributed by atoms with van der Waals surface area (Å²) in [5.74, 6) is 0.559. The molecule has 1 saturated heterocycles. The van der Waals surface area contributed by atoms with E-state index in [1.165, 1.54) is 18.9 Å². The van der Waals surface area contributed by atoms with Gasteiger partial charge in [-0.15, -0.1) is 0 Å². The van der Waals surface area contributed by atoms with Crippen LogP contribution in [0.3, 0.4) is 0 Å². The maximum Gasteiger partial charge on any atom is 0.123 e. The summed E-state index contributed by atoms with van der Waals surface area (Å²) in [7, 11) is 4.25. The first-order chi connectivity index (χ1) is 9.47. The third kappa shape index (κ3) is 3.70. The van der Waals surface area contributed by atoms with Crippen LogP contribution in [-0.2, 0) is 0 Å². The molecule has 1 aromatic carbocycles. The van der Waals surface area contributed by atoms with Crippen LogP contribution in [-0.4, -0.2) is 38.6 Å². The Morgan fingerprint density at radius 3 is 2.55 bits per heavy atom. The van der Waals surface area contributed by atoms with Crippen molar-refractivity contribution in [2.24, 2.45) is 11.7 Å². The molecule has 3 nitrogen and oxygen atoms in total. The van der Waals surface area contributed by atoms with Crippen LogP contribution in [0.2, 0.25) is 0 Å². The van der Waals surface area contributed by atoms with E-state index in [1.807, 2.05) is 13.0 Å². The van der Waals surface area contributed by atoms with Crippen LogP contribution < -0.4 is 10.6 Å². The Bertz CT molecular complexity index is 437. The Morgan fingerprint density at radius 1 is 1.35 bits per heavy atom. The second-order valence-corrected chi connectivity index (χ2v) is 6.18. The second-order valence-electron chi connectivity index (χ2n) is 6.18. The van der Waals surface area contributed by atoms with E-state index in [0.717, 1.165) is 36.8 Å². The van der Waals surface area contributed by atoms with Crippen LogP contribution in [0, 0.1) is 11.7 Å². The van der Waals surface area contributed by atoms with Crippen molar-refractivity contribution in [3.05, 3.63) is 29.6 Å². The van der Waals surface area contributed by atoms with Gasteiger partial charge in [-0.05, 0) is 63.5 Å². The van der Waals surface area contributed by atoms with Crippen LogP contribution in [0.5, 0.6) is 0 Å². The average Bonchev–Trinajstić information content (AvgIpc) is 2.39. The van der Waals surface area contributed by atoms with E-state index >= 15 is 0 Å². The van der Waals surface area contributed by atoms with Crippen molar-refractivity contribution in [1.29, 1.82) is 0 Å². The highest BCUT2D eigenvalue weighted by atomic mass is 19.1. The standard InChI is InChI=1S/C16H26FN3/c1-12(18)15-10-14(17)4-5-16(15)20-8-6-13(7-9-20)11-19(2)3/h4-5,10,12-13H,6-9,11,18H2,1-3H3. The topological polar surface area (TPSA) is 32.5 Å². The van der Waals surface area contributed by atoms with Crippen molar-refractivity contribution in [3.63, 3.8) is 0 Å². The molecule has 1 unspecified atom stereocenters. The first-order valence-electron chi connectivity index (χ1n) is 7.42. The van der Waals surface area contributed by atoms with Crippen molar-refractivity contribution in [3.8, 4) is 0 Å². The molecule has 0 radical (unpaired) electrons. The maximum absolute atomic E-state index is 13.4. The molecule has 2 N–H and O–H groups in total. The fraction of sp³-hybridized carbons (Fsp3) is 0.625. The van der Waals surface area contributed by atoms with Crippen molar-refractivity contribution in [2.75, 3.05) is 38.6 Å². The molecule has 20 heavy (non-hydrogen) atoms. The molecule has 4 heteroatoms. The van der Waals surface area contributed by atoms with Crippen molar-refractivity contribution >= 4 is 5.69 Å². The van der Waals surface area contributed by atoms with Crippen molar-refractivity contribution in [1.82, 2.24) is 4.90 Å². The minimum atomic E-state index is -0.205. The van der Waals surface area contributed by atoms with E-state index < -0.39 is 0 Å². The van der Waals surface area contributed by atoms with Gasteiger partial charge in [-0.2, -0.15) is 0 Å². The SMILES string of the molecule is CC(N)c1cc(F)ccc1N1CCC(CN(C)C)CC1. The zero-order chi connectivity index (χ0) is 14.7. The largest absolute Gasteiger partial charge is 0.371 e. The van der Waals surface area contributed by atoms with Crippen molar-refractivity contribution in [2.45, 2.75) is 25.8 Å². The van der Waals surface area contributed by atoms with E-state index in [9.17, 15) is 4.39 Å². The predicted molar refractivity (Wildman–Crippen MR) is 82.5 cm³/mol. The van der Waals surface area contributed by atoms with Crippen LogP contribution in [0.15, 0.2) is 18.2 Å². The first kappa shape index (κ1) is 15.3. The monoisotopic (exact) mass is 279 g/mol. The highest BCUT2D eigenvalue weighted by molar-refractivity contribution is 5.55. The fourth-order valence-corrected chi connectivity index (χ4v) is 3.05. The molecule has 1 aliphatic heterocycles. The Hall–Kier alpha value is -1.13. The number of hydrogen-bond donors (Lipinski definition) is 1. The average molecular weight is 279 g/mol. The zero-order valence-corrected chi connectivity index (χ0v) is 12.8. The van der Waals surface area contributed by atoms with Gasteiger partial charge in [0.25, 0.3) is 0 Å². The highest BCUT2D eigenvalue weighted by Gasteiger charge is 2.22. The number of nitrogens with two attached hydrogens (primary N) is 1. The number of rotatable bonds is 4. The summed E-state index contributed by atoms with van der Waals surface area (Å²) >= 11 is 0. The van der Waals surface area contributed by atoms with Crippen molar-refractivity contribution < 1.29 is 4.39 Å². The van der Waals surface area contributed by atoms with Gasteiger partial charge in [0.15, 0.2) is 0 Å². The number of hydrogen-bond acceptors (Lipinski definition) is 3. The van der Waals surface area contributed by atoms with E-state index in [1.54, 1.807) is 6.07 Å². The molecule has 1 atom stereocenters. The lowest BCUT2D eigenvalue weighted by molar-refractivity contribution is 0.285. The summed E-state index contributed by atoms with van der Waals surface area (Å²) in [4.78, 5) is 4.61. The van der Waals surface area contributed by atoms with Gasteiger partial charge in [-0.3, -0.25) is 0 Å². The number of anilines is 1. The van der Waals surface area contributed by atoms with Gasteiger partial charge in [-0.1, -0.05) is 0 Å². The van der Waals surface area contributed by atoms with Gasteiger partial charge in [0.2, 0.25) is 0 Å². The van der Waals surface area contributed by atoms with Gasteiger partial charge in [0.1, 0.15) is 5.82 Å². The van der Waals surface area contributed by atoms with E-state index in [4.69, 9.17) is 5.73 Å². The van der Waals surface area contributed by atoms with Gasteiger partial charge in [0.05, 0.1) is 0 Å². The molecule has 0 saturated carbocycles. The summed E-state index contributed by atoms with van der Waals surface area (Å²) in [6, 6.07) is 4.85. The number of halogens is 1. The molecule has 1 fully saturated rings. The number of piperidine rings is 1. The van der Waals surface area contributed by atoms with Gasteiger partial charge < -0.3 is 15.5 Å². The summed E-state index contributed by atoms with van der Waals surface area (Å²) in [6.45, 7) is 5.13. The lowest BCUT2D eigenvalue weighted by Crippen LogP contribution is -2.37. The molecular formula is C16H26FN3. The molecule has 0 aromatic heterocycles. The molecule has 0 amide bonds. The first-order valence-corrected chi connectivity index (χ1v) is 7.42. The van der Waals surface area contributed by atoms with Crippen LogP contribution in [0.25, 0.3) is 0 Å². The lowest BCUT2D eigenvalue weighted by atomic mass is 9.95. The molecule has 1 aromatic rings. The molecule has 0 aliphatic carbocycles. The molecule has 0 spiro atoms. The number of benzene rings is 1. The molecule has 0 bridgehead atoms. The molecule has 1 heterocycles. The quantitative estimate of drug-likeness (QED) is 0.919. The third-order valence-electron chi connectivity index (χ3n) is 4.06. The summed E-state index contributed by atoms with van der Waals surface area (Å²) in [6.07, 6.45) is 2.38. The maximum atomic E-state index is 13.4. The Morgan fingerprint density at radius 2 is 2.00 bits per heavy atom. The highest BCUT2D eigenvalue weighted by Crippen LogP contribution is 2.30. The minimum Gasteiger partial charge on any atom is -0.371 e. The van der Waals surface area contributed by atoms with Gasteiger partial charge >= 0.3 is 0 Å². The lowest BCUT2D eigenvalue weighted by Gasteiger charge is -2.36. The summed E-state index contributed by atoms with van der Waals surface area (Å²) < 4.78 is 13.4. The predicted octanol–water partition coefficient (Wildman–Crippen LogP) is 2.62. The van der Waals surface area contributed by atoms with E-state index in [0.29, 0.717) is 0 Å². The smallest absolute Gasteiger partial charge is 0.123 e. The van der Waals surface area contributed by atoms with Crippen LogP contribution in [0.1, 0.15) is 31.4 Å². The third-order valence-corrected chi connectivity index (χ3v) is 4.06. The molecule has 1 aliphatic rings. The minimum absolute atomic E-state index is 0.139. The summed E-state index contributed by atoms with van der Waals surface area (Å²) in [5, 5.41) is 0. The Labute approximate surface area is 121 Å². The summed E-state index contributed by atoms with van der Waals surface area (Å²) in [5.41, 5.74) is 8.00. The van der Waals surface area contributed by atoms with Gasteiger partial charge in [0, 0.05) is 31.4 Å². The second kappa shape index (κ2) is 6.55. The molecular weight excluding hydrogens is 253 g/mol. The zero-order valence-electron chi connectivity index (χ0n) is 12.8. The van der Waals surface area contributed by atoms with E-state index in [2.05, 4.69) is 23.9 Å². The fourth-order valence-electron chi connectivity index (χ4n) is 3.05. The number of nitrogens with zero attached hydrogens (tertiary/aromatic N) is 2. The van der Waals surface area contributed by atoms with Gasteiger partial charge in [-0.25, -0.2) is 4.39 Å². The Balaban J connectivity index is 2.07. The van der Waals surface area contributed by atoms with E-state index in [-0.39, 0.29) is 11.9 Å². The van der Waals surface area contributed by atoms with Crippen LogP contribution >= 0.6 is 0 Å². The normalized spacial score (nSPS) is 18.6. The Kier molecular flexibility index (Phi) is 5.00.